The van der Waals surface area contributed by atoms with E-state index in [2.05, 4.69) is 0 Å². The van der Waals surface area contributed by atoms with Crippen molar-refractivity contribution in [1.82, 2.24) is 4.57 Å². The Morgan fingerprint density at radius 1 is 1.25 bits per heavy atom. The van der Waals surface area contributed by atoms with E-state index in [4.69, 9.17) is 4.74 Å². The van der Waals surface area contributed by atoms with Gasteiger partial charge in [-0.1, -0.05) is 6.07 Å². The van der Waals surface area contributed by atoms with Crippen molar-refractivity contribution in [2.45, 2.75) is 27.3 Å². The van der Waals surface area contributed by atoms with E-state index in [1.54, 1.807) is 6.07 Å². The van der Waals surface area contributed by atoms with Gasteiger partial charge >= 0.3 is 5.97 Å². The van der Waals surface area contributed by atoms with Gasteiger partial charge in [-0.25, -0.2) is 4.79 Å². The van der Waals surface area contributed by atoms with Crippen LogP contribution in [0.1, 0.15) is 39.0 Å². The van der Waals surface area contributed by atoms with Crippen molar-refractivity contribution in [2.24, 2.45) is 0 Å². The predicted molar refractivity (Wildman–Crippen MR) is 87.3 cm³/mol. The lowest BCUT2D eigenvalue weighted by molar-refractivity contribution is -0.384. The molecule has 0 atom stereocenters. The summed E-state index contributed by atoms with van der Waals surface area (Å²) in [6.07, 6.45) is 0. The predicted octanol–water partition coefficient (Wildman–Crippen LogP) is 3.07. The van der Waals surface area contributed by atoms with Gasteiger partial charge in [0.25, 0.3) is 5.69 Å². The SMILES string of the molecule is CCn1c(C)cc(C(=O)COC(=O)c2cccc([N+](=O)[O-])c2)c1C. The molecule has 1 aromatic carbocycles. The minimum absolute atomic E-state index is 0.0380. The number of benzene rings is 1. The van der Waals surface area contributed by atoms with E-state index in [-0.39, 0.29) is 17.0 Å². The number of aryl methyl sites for hydroxylation is 1. The molecule has 1 heterocycles. The number of carbonyl (C=O) groups excluding carboxylic acids is 2. The number of ether oxygens (including phenoxy) is 1. The summed E-state index contributed by atoms with van der Waals surface area (Å²) in [6.45, 7) is 6.07. The van der Waals surface area contributed by atoms with E-state index in [1.165, 1.54) is 18.2 Å². The topological polar surface area (TPSA) is 91.4 Å². The lowest BCUT2D eigenvalue weighted by Crippen LogP contribution is -2.15. The van der Waals surface area contributed by atoms with Crippen LogP contribution in [-0.4, -0.2) is 27.8 Å². The van der Waals surface area contributed by atoms with Crippen molar-refractivity contribution < 1.29 is 19.2 Å². The Bertz CT molecular complexity index is 807. The highest BCUT2D eigenvalue weighted by Crippen LogP contribution is 2.17. The molecule has 7 nitrogen and oxygen atoms in total. The van der Waals surface area contributed by atoms with Crippen molar-refractivity contribution >= 4 is 17.4 Å². The molecule has 0 aliphatic rings. The van der Waals surface area contributed by atoms with Crippen molar-refractivity contribution in [3.05, 3.63) is 63.0 Å². The highest BCUT2D eigenvalue weighted by atomic mass is 16.6. The zero-order valence-corrected chi connectivity index (χ0v) is 13.7. The standard InChI is InChI=1S/C17H18N2O5/c1-4-18-11(2)8-15(12(18)3)16(20)10-24-17(21)13-6-5-7-14(9-13)19(22)23/h5-9H,4,10H2,1-3H3. The number of carbonyl (C=O) groups is 2. The molecule has 0 aliphatic carbocycles. The first-order chi connectivity index (χ1) is 11.3. The number of hydrogen-bond donors (Lipinski definition) is 0. The van der Waals surface area contributed by atoms with Gasteiger partial charge in [0.2, 0.25) is 5.78 Å². The van der Waals surface area contributed by atoms with E-state index in [9.17, 15) is 19.7 Å². The largest absolute Gasteiger partial charge is 0.454 e. The first kappa shape index (κ1) is 17.4. The van der Waals surface area contributed by atoms with Gasteiger partial charge in [0.05, 0.1) is 10.5 Å². The monoisotopic (exact) mass is 330 g/mol. The Morgan fingerprint density at radius 3 is 2.54 bits per heavy atom. The van der Waals surface area contributed by atoms with Gasteiger partial charge in [-0.05, 0) is 32.9 Å². The van der Waals surface area contributed by atoms with Gasteiger partial charge in [-0.15, -0.1) is 0 Å². The number of rotatable bonds is 6. The molecule has 2 aromatic rings. The second-order valence-electron chi connectivity index (χ2n) is 5.34. The Labute approximate surface area is 139 Å². The van der Waals surface area contributed by atoms with Crippen LogP contribution in [0.5, 0.6) is 0 Å². The van der Waals surface area contributed by atoms with Crippen LogP contribution in [0.25, 0.3) is 0 Å². The fraction of sp³-hybridized carbons (Fsp3) is 0.294. The van der Waals surface area contributed by atoms with E-state index in [0.29, 0.717) is 5.56 Å². The molecule has 0 amide bonds. The van der Waals surface area contributed by atoms with Gasteiger partial charge in [-0.3, -0.25) is 14.9 Å². The first-order valence-electron chi connectivity index (χ1n) is 7.46. The molecule has 0 radical (unpaired) electrons. The second kappa shape index (κ2) is 7.08. The summed E-state index contributed by atoms with van der Waals surface area (Å²) in [7, 11) is 0. The average molecular weight is 330 g/mol. The van der Waals surface area contributed by atoms with Crippen molar-refractivity contribution in [3.8, 4) is 0 Å². The van der Waals surface area contributed by atoms with Gasteiger partial charge in [0.15, 0.2) is 6.61 Å². The van der Waals surface area contributed by atoms with E-state index in [1.807, 2.05) is 25.3 Å². The van der Waals surface area contributed by atoms with Crippen LogP contribution in [-0.2, 0) is 11.3 Å². The normalized spacial score (nSPS) is 10.5. The summed E-state index contributed by atoms with van der Waals surface area (Å²) in [5, 5.41) is 10.7. The van der Waals surface area contributed by atoms with Crippen molar-refractivity contribution in [1.29, 1.82) is 0 Å². The highest BCUT2D eigenvalue weighted by Gasteiger charge is 2.18. The molecular formula is C17H18N2O5. The van der Waals surface area contributed by atoms with Crippen LogP contribution < -0.4 is 0 Å². The fourth-order valence-electron chi connectivity index (χ4n) is 2.61. The third-order valence-electron chi connectivity index (χ3n) is 3.82. The number of non-ortho nitro benzene ring substituents is 1. The summed E-state index contributed by atoms with van der Waals surface area (Å²) < 4.78 is 6.99. The number of esters is 1. The minimum Gasteiger partial charge on any atom is -0.454 e. The molecule has 1 aromatic heterocycles. The van der Waals surface area contributed by atoms with Crippen molar-refractivity contribution in [2.75, 3.05) is 6.61 Å². The molecule has 0 saturated carbocycles. The first-order valence-corrected chi connectivity index (χ1v) is 7.46. The van der Waals surface area contributed by atoms with Crippen LogP contribution in [0, 0.1) is 24.0 Å². The number of hydrogen-bond acceptors (Lipinski definition) is 5. The summed E-state index contributed by atoms with van der Waals surface area (Å²) in [6, 6.07) is 6.97. The summed E-state index contributed by atoms with van der Waals surface area (Å²) in [4.78, 5) is 34.4. The van der Waals surface area contributed by atoms with Crippen LogP contribution in [0.3, 0.4) is 0 Å². The van der Waals surface area contributed by atoms with Gasteiger partial charge in [0, 0.05) is 35.6 Å². The molecule has 0 bridgehead atoms. The lowest BCUT2D eigenvalue weighted by Gasteiger charge is -2.06. The molecule has 0 fully saturated rings. The summed E-state index contributed by atoms with van der Waals surface area (Å²) >= 11 is 0. The molecule has 7 heteroatoms. The number of aromatic nitrogens is 1. The molecule has 0 unspecified atom stereocenters. The quantitative estimate of drug-likeness (QED) is 0.351. The Balaban J connectivity index is 2.08. The van der Waals surface area contributed by atoms with Crippen LogP contribution in [0.15, 0.2) is 30.3 Å². The van der Waals surface area contributed by atoms with Crippen LogP contribution in [0.4, 0.5) is 5.69 Å². The molecule has 0 spiro atoms. The average Bonchev–Trinajstić information content (AvgIpc) is 2.86. The number of Topliss-reactive ketones (excluding diaryl/α,β-unsaturated/α-hetero) is 1. The van der Waals surface area contributed by atoms with E-state index in [0.717, 1.165) is 24.0 Å². The Kier molecular flexibility index (Phi) is 5.13. The number of nitrogens with zero attached hydrogens (tertiary/aromatic N) is 2. The number of nitro benzene ring substituents is 1. The van der Waals surface area contributed by atoms with E-state index >= 15 is 0 Å². The molecule has 2 rings (SSSR count). The maximum Gasteiger partial charge on any atom is 0.338 e. The molecular weight excluding hydrogens is 312 g/mol. The summed E-state index contributed by atoms with van der Waals surface area (Å²) in [5.74, 6) is -1.07. The number of nitro groups is 1. The van der Waals surface area contributed by atoms with Crippen LogP contribution in [0.2, 0.25) is 0 Å². The third kappa shape index (κ3) is 3.51. The van der Waals surface area contributed by atoms with Gasteiger partial charge in [-0.2, -0.15) is 0 Å². The smallest absolute Gasteiger partial charge is 0.338 e. The zero-order valence-electron chi connectivity index (χ0n) is 13.7. The van der Waals surface area contributed by atoms with Gasteiger partial charge < -0.3 is 9.30 Å². The lowest BCUT2D eigenvalue weighted by atomic mass is 10.1. The van der Waals surface area contributed by atoms with Crippen LogP contribution >= 0.6 is 0 Å². The Hall–Kier alpha value is -2.96. The van der Waals surface area contributed by atoms with Gasteiger partial charge in [0.1, 0.15) is 0 Å². The molecule has 0 aliphatic heterocycles. The second-order valence-corrected chi connectivity index (χ2v) is 5.34. The molecule has 0 N–H and O–H groups in total. The fourth-order valence-corrected chi connectivity index (χ4v) is 2.61. The maximum atomic E-state index is 12.3. The maximum absolute atomic E-state index is 12.3. The molecule has 24 heavy (non-hydrogen) atoms. The number of ketones is 1. The summed E-state index contributed by atoms with van der Waals surface area (Å²) in [5.41, 5.74) is 2.13. The van der Waals surface area contributed by atoms with E-state index < -0.39 is 17.5 Å². The zero-order chi connectivity index (χ0) is 17.9. The third-order valence-corrected chi connectivity index (χ3v) is 3.82. The van der Waals surface area contributed by atoms with Crippen molar-refractivity contribution in [3.63, 3.8) is 0 Å². The molecule has 0 saturated heterocycles. The minimum atomic E-state index is -0.767. The highest BCUT2D eigenvalue weighted by molar-refractivity contribution is 6.00. The Morgan fingerprint density at radius 2 is 1.96 bits per heavy atom. The molecule has 126 valence electrons.